The molecule has 1 unspecified atom stereocenters. The number of hydrogen-bond donors (Lipinski definition) is 1. The maximum atomic E-state index is 12.8. The molecule has 1 aliphatic heterocycles. The second kappa shape index (κ2) is 6.69. The first-order chi connectivity index (χ1) is 11.2. The lowest BCUT2D eigenvalue weighted by Gasteiger charge is -2.23. The van der Waals surface area contributed by atoms with Crippen LogP contribution in [0, 0.1) is 0 Å². The van der Waals surface area contributed by atoms with Gasteiger partial charge >= 0.3 is 0 Å². The normalized spacial score (nSPS) is 16.6. The number of carbonyl (C=O) groups excluding carboxylic acids is 1. The molecule has 3 heteroatoms. The molecule has 2 aromatic carbocycles. The molecule has 0 saturated heterocycles. The Morgan fingerprint density at radius 1 is 1.17 bits per heavy atom. The van der Waals surface area contributed by atoms with Crippen molar-refractivity contribution in [1.29, 1.82) is 0 Å². The van der Waals surface area contributed by atoms with Gasteiger partial charge in [-0.3, -0.25) is 4.79 Å². The highest BCUT2D eigenvalue weighted by molar-refractivity contribution is 5.96. The lowest BCUT2D eigenvalue weighted by atomic mass is 10.0. The van der Waals surface area contributed by atoms with E-state index in [1.54, 1.807) is 0 Å². The third-order valence-electron chi connectivity index (χ3n) is 4.36. The van der Waals surface area contributed by atoms with Gasteiger partial charge in [0.05, 0.1) is 6.04 Å². The second-order valence-electron chi connectivity index (χ2n) is 5.77. The Labute approximate surface area is 137 Å². The SMILES string of the molecule is CCC1C=CCN1C(=O)c1cccc(-c2ccc(NC)cc2)c1. The molecule has 1 atom stereocenters. The van der Waals surface area contributed by atoms with Gasteiger partial charge in [-0.15, -0.1) is 0 Å². The number of anilines is 1. The van der Waals surface area contributed by atoms with Crippen molar-refractivity contribution in [2.24, 2.45) is 0 Å². The predicted molar refractivity (Wildman–Crippen MR) is 95.7 cm³/mol. The minimum atomic E-state index is 0.107. The summed E-state index contributed by atoms with van der Waals surface area (Å²) < 4.78 is 0. The third kappa shape index (κ3) is 3.14. The van der Waals surface area contributed by atoms with Crippen LogP contribution >= 0.6 is 0 Å². The average Bonchev–Trinajstić information content (AvgIpc) is 3.10. The molecule has 0 spiro atoms. The van der Waals surface area contributed by atoms with Crippen molar-refractivity contribution in [2.75, 3.05) is 18.9 Å². The summed E-state index contributed by atoms with van der Waals surface area (Å²) in [5.74, 6) is 0.107. The number of amides is 1. The van der Waals surface area contributed by atoms with Crippen molar-refractivity contribution in [3.8, 4) is 11.1 Å². The molecular formula is C20H22N2O. The summed E-state index contributed by atoms with van der Waals surface area (Å²) in [5.41, 5.74) is 4.01. The molecule has 1 amide bonds. The fraction of sp³-hybridized carbons (Fsp3) is 0.250. The number of carbonyl (C=O) groups is 1. The number of rotatable bonds is 4. The van der Waals surface area contributed by atoms with E-state index < -0.39 is 0 Å². The smallest absolute Gasteiger partial charge is 0.254 e. The summed E-state index contributed by atoms with van der Waals surface area (Å²) in [6.45, 7) is 2.82. The standard InChI is InChI=1S/C20H22N2O/c1-3-19-8-5-13-22(19)20(23)17-7-4-6-16(14-17)15-9-11-18(21-2)12-10-15/h4-12,14,19,21H,3,13H2,1-2H3. The van der Waals surface area contributed by atoms with Crippen LogP contribution in [0.3, 0.4) is 0 Å². The van der Waals surface area contributed by atoms with E-state index in [1.807, 2.05) is 48.3 Å². The molecule has 118 valence electrons. The molecule has 0 bridgehead atoms. The Hall–Kier alpha value is -2.55. The predicted octanol–water partition coefficient (Wildman–Crippen LogP) is 4.19. The van der Waals surface area contributed by atoms with Gasteiger partial charge in [0.2, 0.25) is 0 Å². The summed E-state index contributed by atoms with van der Waals surface area (Å²) in [4.78, 5) is 14.7. The highest BCUT2D eigenvalue weighted by atomic mass is 16.2. The number of hydrogen-bond acceptors (Lipinski definition) is 2. The van der Waals surface area contributed by atoms with Crippen molar-refractivity contribution in [3.05, 3.63) is 66.2 Å². The monoisotopic (exact) mass is 306 g/mol. The zero-order chi connectivity index (χ0) is 16.2. The Morgan fingerprint density at radius 2 is 1.96 bits per heavy atom. The fourth-order valence-corrected chi connectivity index (χ4v) is 2.99. The van der Waals surface area contributed by atoms with Gasteiger partial charge in [-0.2, -0.15) is 0 Å². The van der Waals surface area contributed by atoms with Crippen molar-refractivity contribution < 1.29 is 4.79 Å². The average molecular weight is 306 g/mol. The maximum Gasteiger partial charge on any atom is 0.254 e. The highest BCUT2D eigenvalue weighted by Crippen LogP contribution is 2.24. The highest BCUT2D eigenvalue weighted by Gasteiger charge is 2.24. The zero-order valence-corrected chi connectivity index (χ0v) is 13.6. The van der Waals surface area contributed by atoms with Crippen LogP contribution in [0.2, 0.25) is 0 Å². The van der Waals surface area contributed by atoms with Gasteiger partial charge < -0.3 is 10.2 Å². The summed E-state index contributed by atoms with van der Waals surface area (Å²) >= 11 is 0. The first-order valence-electron chi connectivity index (χ1n) is 8.09. The largest absolute Gasteiger partial charge is 0.388 e. The summed E-state index contributed by atoms with van der Waals surface area (Å²) in [5, 5.41) is 3.12. The number of benzene rings is 2. The minimum absolute atomic E-state index is 0.107. The summed E-state index contributed by atoms with van der Waals surface area (Å²) in [6.07, 6.45) is 5.15. The minimum Gasteiger partial charge on any atom is -0.388 e. The van der Waals surface area contributed by atoms with E-state index in [0.29, 0.717) is 6.54 Å². The van der Waals surface area contributed by atoms with Gasteiger partial charge in [0, 0.05) is 24.8 Å². The fourth-order valence-electron chi connectivity index (χ4n) is 2.99. The lowest BCUT2D eigenvalue weighted by Crippen LogP contribution is -2.35. The van der Waals surface area contributed by atoms with E-state index >= 15 is 0 Å². The molecule has 0 saturated carbocycles. The Bertz CT molecular complexity index is 719. The van der Waals surface area contributed by atoms with E-state index in [0.717, 1.165) is 28.8 Å². The Balaban J connectivity index is 1.86. The Kier molecular flexibility index (Phi) is 4.47. The van der Waals surface area contributed by atoms with Crippen LogP contribution in [0.4, 0.5) is 5.69 Å². The number of nitrogens with one attached hydrogen (secondary N) is 1. The van der Waals surface area contributed by atoms with Crippen LogP contribution in [0.15, 0.2) is 60.7 Å². The molecule has 0 radical (unpaired) electrons. The second-order valence-corrected chi connectivity index (χ2v) is 5.77. The van der Waals surface area contributed by atoms with E-state index in [2.05, 4.69) is 36.5 Å². The summed E-state index contributed by atoms with van der Waals surface area (Å²) in [7, 11) is 1.91. The molecule has 1 heterocycles. The van der Waals surface area contributed by atoms with Gasteiger partial charge in [0.25, 0.3) is 5.91 Å². The lowest BCUT2D eigenvalue weighted by molar-refractivity contribution is 0.0747. The maximum absolute atomic E-state index is 12.8. The van der Waals surface area contributed by atoms with E-state index in [9.17, 15) is 4.79 Å². The van der Waals surface area contributed by atoms with Crippen LogP contribution in [-0.2, 0) is 0 Å². The van der Waals surface area contributed by atoms with E-state index in [-0.39, 0.29) is 11.9 Å². The van der Waals surface area contributed by atoms with Crippen LogP contribution in [0.1, 0.15) is 23.7 Å². The molecule has 1 N–H and O–H groups in total. The van der Waals surface area contributed by atoms with Crippen LogP contribution < -0.4 is 5.32 Å². The third-order valence-corrected chi connectivity index (χ3v) is 4.36. The van der Waals surface area contributed by atoms with Crippen molar-refractivity contribution in [3.63, 3.8) is 0 Å². The van der Waals surface area contributed by atoms with E-state index in [1.165, 1.54) is 0 Å². The molecule has 0 fully saturated rings. The van der Waals surface area contributed by atoms with Gasteiger partial charge in [0.15, 0.2) is 0 Å². The molecule has 1 aliphatic rings. The zero-order valence-electron chi connectivity index (χ0n) is 13.6. The quantitative estimate of drug-likeness (QED) is 0.859. The molecule has 3 nitrogen and oxygen atoms in total. The molecule has 0 aliphatic carbocycles. The molecular weight excluding hydrogens is 284 g/mol. The van der Waals surface area contributed by atoms with Crippen molar-refractivity contribution in [1.82, 2.24) is 4.90 Å². The Morgan fingerprint density at radius 3 is 2.65 bits per heavy atom. The van der Waals surface area contributed by atoms with E-state index in [4.69, 9.17) is 0 Å². The number of nitrogens with zero attached hydrogens (tertiary/aromatic N) is 1. The van der Waals surface area contributed by atoms with Crippen molar-refractivity contribution >= 4 is 11.6 Å². The van der Waals surface area contributed by atoms with Gasteiger partial charge in [-0.25, -0.2) is 0 Å². The van der Waals surface area contributed by atoms with Gasteiger partial charge in [-0.05, 0) is 41.8 Å². The molecule has 3 rings (SSSR count). The first kappa shape index (κ1) is 15.3. The van der Waals surface area contributed by atoms with Crippen molar-refractivity contribution in [2.45, 2.75) is 19.4 Å². The van der Waals surface area contributed by atoms with Gasteiger partial charge in [-0.1, -0.05) is 43.3 Å². The van der Waals surface area contributed by atoms with Crippen LogP contribution in [0.25, 0.3) is 11.1 Å². The summed E-state index contributed by atoms with van der Waals surface area (Å²) in [6, 6.07) is 16.3. The molecule has 23 heavy (non-hydrogen) atoms. The first-order valence-corrected chi connectivity index (χ1v) is 8.09. The molecule has 0 aromatic heterocycles. The van der Waals surface area contributed by atoms with Gasteiger partial charge in [0.1, 0.15) is 0 Å². The molecule has 2 aromatic rings. The van der Waals surface area contributed by atoms with Crippen LogP contribution in [-0.4, -0.2) is 30.4 Å². The topological polar surface area (TPSA) is 32.3 Å². The van der Waals surface area contributed by atoms with Crippen LogP contribution in [0.5, 0.6) is 0 Å².